The van der Waals surface area contributed by atoms with E-state index < -0.39 is 0 Å². The third kappa shape index (κ3) is 4.60. The molecule has 1 aromatic heterocycles. The molecule has 1 aromatic rings. The zero-order valence-corrected chi connectivity index (χ0v) is 17.6. The molecule has 0 spiro atoms. The zero-order chi connectivity index (χ0) is 19.5. The molecule has 0 unspecified atom stereocenters. The Hall–Kier alpha value is -1.40. The minimum Gasteiger partial charge on any atom is -0.348 e. The molecule has 1 aliphatic carbocycles. The van der Waals surface area contributed by atoms with Crippen LogP contribution < -0.4 is 10.6 Å². The summed E-state index contributed by atoms with van der Waals surface area (Å²) in [7, 11) is 0. The van der Waals surface area contributed by atoms with Gasteiger partial charge in [0, 0.05) is 42.9 Å². The number of carbonyl (C=O) groups is 1. The molecule has 4 atom stereocenters. The van der Waals surface area contributed by atoms with Crippen molar-refractivity contribution in [2.75, 3.05) is 13.1 Å². The number of hydrogen-bond acceptors (Lipinski definition) is 4. The molecule has 2 aliphatic heterocycles. The minimum absolute atomic E-state index is 0.0405. The van der Waals surface area contributed by atoms with Crippen LogP contribution in [0, 0.1) is 5.92 Å². The van der Waals surface area contributed by atoms with Crippen molar-refractivity contribution in [3.05, 3.63) is 18.0 Å². The predicted molar refractivity (Wildman–Crippen MR) is 111 cm³/mol. The molecule has 2 saturated heterocycles. The summed E-state index contributed by atoms with van der Waals surface area (Å²) in [6, 6.07) is 1.71. The van der Waals surface area contributed by atoms with Crippen molar-refractivity contribution < 1.29 is 4.79 Å². The molecule has 4 rings (SSSR count). The first-order chi connectivity index (χ1) is 13.6. The maximum Gasteiger partial charge on any atom is 0.220 e. The van der Waals surface area contributed by atoms with Gasteiger partial charge in [0.05, 0.1) is 12.2 Å². The highest BCUT2D eigenvalue weighted by Gasteiger charge is 2.34. The van der Waals surface area contributed by atoms with E-state index in [1.54, 1.807) is 0 Å². The van der Waals surface area contributed by atoms with Crippen LogP contribution in [0.15, 0.2) is 12.4 Å². The van der Waals surface area contributed by atoms with E-state index in [1.807, 2.05) is 10.9 Å². The van der Waals surface area contributed by atoms with E-state index in [0.717, 1.165) is 30.5 Å². The van der Waals surface area contributed by atoms with Gasteiger partial charge in [-0.05, 0) is 58.0 Å². The number of likely N-dealkylation sites (tertiary alicyclic amines) is 1. The van der Waals surface area contributed by atoms with Gasteiger partial charge in [-0.3, -0.25) is 9.48 Å². The zero-order valence-electron chi connectivity index (χ0n) is 17.6. The highest BCUT2D eigenvalue weighted by Crippen LogP contribution is 2.30. The minimum atomic E-state index is 0.0405. The molecule has 1 amide bonds. The van der Waals surface area contributed by atoms with Crippen LogP contribution in [0.2, 0.25) is 0 Å². The molecule has 3 heterocycles. The van der Waals surface area contributed by atoms with E-state index >= 15 is 0 Å². The Kier molecular flexibility index (Phi) is 6.36. The number of carbonyl (C=O) groups excluding carboxylic acids is 1. The van der Waals surface area contributed by atoms with Gasteiger partial charge in [-0.25, -0.2) is 0 Å². The van der Waals surface area contributed by atoms with Gasteiger partial charge in [0.25, 0.3) is 0 Å². The van der Waals surface area contributed by atoms with Gasteiger partial charge in [0.15, 0.2) is 0 Å². The molecule has 2 N–H and O–H groups in total. The smallest absolute Gasteiger partial charge is 0.220 e. The largest absolute Gasteiger partial charge is 0.348 e. The van der Waals surface area contributed by atoms with Crippen molar-refractivity contribution in [2.24, 2.45) is 5.92 Å². The van der Waals surface area contributed by atoms with Crippen LogP contribution in [0.5, 0.6) is 0 Å². The Balaban J connectivity index is 1.33. The Morgan fingerprint density at radius 2 is 2.04 bits per heavy atom. The lowest BCUT2D eigenvalue weighted by Crippen LogP contribution is -2.54. The average molecular weight is 388 g/mol. The first-order valence-corrected chi connectivity index (χ1v) is 11.4. The molecule has 0 aromatic carbocycles. The standard InChI is InChI=1S/C22H37N5O/c1-3-27-15-17(14-23-27)22-20(7-8-21(28)25-22)24-18-9-11-26(12-10-18)19-6-4-5-16(2)13-19/h14-16,18-20,22,24H,3-13H2,1-2H3,(H,25,28)/t16-,19+,20+,22-/m0/s1. The van der Waals surface area contributed by atoms with Gasteiger partial charge in [-0.15, -0.1) is 0 Å². The summed E-state index contributed by atoms with van der Waals surface area (Å²) < 4.78 is 1.94. The normalized spacial score (nSPS) is 33.0. The molecule has 28 heavy (non-hydrogen) atoms. The highest BCUT2D eigenvalue weighted by molar-refractivity contribution is 5.77. The third-order valence-electron chi connectivity index (χ3n) is 7.14. The fraction of sp³-hybridized carbons (Fsp3) is 0.818. The molecule has 3 fully saturated rings. The van der Waals surface area contributed by atoms with Crippen molar-refractivity contribution in [3.8, 4) is 0 Å². The van der Waals surface area contributed by atoms with Gasteiger partial charge in [-0.2, -0.15) is 5.10 Å². The number of amides is 1. The van der Waals surface area contributed by atoms with E-state index in [0.29, 0.717) is 18.5 Å². The van der Waals surface area contributed by atoms with E-state index in [2.05, 4.69) is 40.7 Å². The predicted octanol–water partition coefficient (Wildman–Crippen LogP) is 2.86. The Morgan fingerprint density at radius 1 is 1.21 bits per heavy atom. The summed E-state index contributed by atoms with van der Waals surface area (Å²) in [6.45, 7) is 7.79. The fourth-order valence-corrected chi connectivity index (χ4v) is 5.48. The van der Waals surface area contributed by atoms with Crippen LogP contribution in [0.4, 0.5) is 0 Å². The molecule has 1 saturated carbocycles. The second-order valence-electron chi connectivity index (χ2n) is 9.22. The first kappa shape index (κ1) is 19.9. The summed E-state index contributed by atoms with van der Waals surface area (Å²) in [5.41, 5.74) is 1.13. The van der Waals surface area contributed by atoms with Gasteiger partial charge < -0.3 is 15.5 Å². The van der Waals surface area contributed by atoms with Crippen molar-refractivity contribution in [2.45, 2.75) is 95.9 Å². The molecule has 0 radical (unpaired) electrons. The highest BCUT2D eigenvalue weighted by atomic mass is 16.1. The van der Waals surface area contributed by atoms with Crippen molar-refractivity contribution in [3.63, 3.8) is 0 Å². The number of nitrogens with one attached hydrogen (secondary N) is 2. The van der Waals surface area contributed by atoms with Gasteiger partial charge in [0.2, 0.25) is 5.91 Å². The second-order valence-corrected chi connectivity index (χ2v) is 9.22. The van der Waals surface area contributed by atoms with Crippen LogP contribution in [-0.2, 0) is 11.3 Å². The molecule has 6 heteroatoms. The fourth-order valence-electron chi connectivity index (χ4n) is 5.48. The average Bonchev–Trinajstić information content (AvgIpc) is 3.19. The molecule has 6 nitrogen and oxygen atoms in total. The van der Waals surface area contributed by atoms with Crippen LogP contribution in [0.3, 0.4) is 0 Å². The summed E-state index contributed by atoms with van der Waals surface area (Å²) >= 11 is 0. The number of piperidine rings is 2. The third-order valence-corrected chi connectivity index (χ3v) is 7.14. The van der Waals surface area contributed by atoms with E-state index in [-0.39, 0.29) is 11.9 Å². The number of rotatable bonds is 5. The summed E-state index contributed by atoms with van der Waals surface area (Å²) in [4.78, 5) is 14.8. The summed E-state index contributed by atoms with van der Waals surface area (Å²) in [5.74, 6) is 1.05. The van der Waals surface area contributed by atoms with E-state index in [9.17, 15) is 4.79 Å². The lowest BCUT2D eigenvalue weighted by atomic mass is 9.85. The van der Waals surface area contributed by atoms with Crippen LogP contribution >= 0.6 is 0 Å². The number of aryl methyl sites for hydroxylation is 1. The molecule has 156 valence electrons. The maximum absolute atomic E-state index is 12.0. The van der Waals surface area contributed by atoms with Crippen molar-refractivity contribution >= 4 is 5.91 Å². The number of nitrogens with zero attached hydrogens (tertiary/aromatic N) is 3. The molecular weight excluding hydrogens is 350 g/mol. The second kappa shape index (κ2) is 8.95. The number of hydrogen-bond donors (Lipinski definition) is 2. The Labute approximate surface area is 169 Å². The lowest BCUT2D eigenvalue weighted by molar-refractivity contribution is -0.124. The first-order valence-electron chi connectivity index (χ1n) is 11.4. The van der Waals surface area contributed by atoms with Gasteiger partial charge in [-0.1, -0.05) is 19.8 Å². The van der Waals surface area contributed by atoms with Gasteiger partial charge >= 0.3 is 0 Å². The molecular formula is C22H37N5O. The van der Waals surface area contributed by atoms with Crippen LogP contribution in [-0.4, -0.2) is 51.8 Å². The molecule has 3 aliphatic rings. The Bertz CT molecular complexity index is 651. The quantitative estimate of drug-likeness (QED) is 0.816. The molecule has 0 bridgehead atoms. The maximum atomic E-state index is 12.0. The topological polar surface area (TPSA) is 62.2 Å². The number of aromatic nitrogens is 2. The van der Waals surface area contributed by atoms with Crippen molar-refractivity contribution in [1.82, 2.24) is 25.3 Å². The van der Waals surface area contributed by atoms with Crippen LogP contribution in [0.25, 0.3) is 0 Å². The monoisotopic (exact) mass is 387 g/mol. The van der Waals surface area contributed by atoms with E-state index in [4.69, 9.17) is 0 Å². The van der Waals surface area contributed by atoms with Crippen LogP contribution in [0.1, 0.15) is 76.8 Å². The SMILES string of the molecule is CCn1cc([C@@H]2NC(=O)CC[C@H]2NC2CCN([C@@H]3CCC[C@H](C)C3)CC2)cn1. The van der Waals surface area contributed by atoms with Gasteiger partial charge in [0.1, 0.15) is 0 Å². The summed E-state index contributed by atoms with van der Waals surface area (Å²) in [6.07, 6.45) is 13.6. The van der Waals surface area contributed by atoms with E-state index in [1.165, 1.54) is 51.6 Å². The van der Waals surface area contributed by atoms with Crippen molar-refractivity contribution in [1.29, 1.82) is 0 Å². The summed E-state index contributed by atoms with van der Waals surface area (Å²) in [5, 5.41) is 11.5. The lowest BCUT2D eigenvalue weighted by Gasteiger charge is -2.42. The Morgan fingerprint density at radius 3 is 2.75 bits per heavy atom.